The Morgan fingerprint density at radius 3 is 1.61 bits per heavy atom. The SMILES string of the molecule is O=C(COC(=O)c1ccc(Cl)c(Cl)c1)c1ccc(OC(=O)c2ccc(Cl)c(Cl)c2)cc1. The number of Topliss-reactive ketones (excluding diaryl/α,β-unsaturated/α-hetero) is 1. The summed E-state index contributed by atoms with van der Waals surface area (Å²) in [6.45, 7) is -0.471. The van der Waals surface area contributed by atoms with Crippen LogP contribution in [-0.4, -0.2) is 24.3 Å². The molecule has 0 fully saturated rings. The van der Waals surface area contributed by atoms with Gasteiger partial charge in [-0.15, -0.1) is 0 Å². The molecule has 0 saturated carbocycles. The van der Waals surface area contributed by atoms with E-state index < -0.39 is 24.3 Å². The zero-order chi connectivity index (χ0) is 22.5. The number of ether oxygens (including phenoxy) is 2. The van der Waals surface area contributed by atoms with Crippen LogP contribution in [0.15, 0.2) is 60.7 Å². The van der Waals surface area contributed by atoms with Crippen LogP contribution in [0.3, 0.4) is 0 Å². The van der Waals surface area contributed by atoms with E-state index in [1.54, 1.807) is 0 Å². The maximum Gasteiger partial charge on any atom is 0.343 e. The van der Waals surface area contributed by atoms with Crippen molar-refractivity contribution in [3.8, 4) is 5.75 Å². The molecule has 5 nitrogen and oxygen atoms in total. The first-order valence-electron chi connectivity index (χ1n) is 8.67. The highest BCUT2D eigenvalue weighted by molar-refractivity contribution is 6.42. The zero-order valence-electron chi connectivity index (χ0n) is 15.5. The van der Waals surface area contributed by atoms with E-state index in [9.17, 15) is 14.4 Å². The van der Waals surface area contributed by atoms with Gasteiger partial charge in [-0.3, -0.25) is 4.79 Å². The molecule has 158 valence electrons. The molecule has 0 spiro atoms. The molecular formula is C22H12Cl4O5. The fourth-order valence-corrected chi connectivity index (χ4v) is 3.01. The molecule has 0 N–H and O–H groups in total. The zero-order valence-corrected chi connectivity index (χ0v) is 18.6. The molecule has 0 atom stereocenters. The first-order chi connectivity index (χ1) is 14.7. The molecule has 0 aliphatic rings. The van der Waals surface area contributed by atoms with Crippen LogP contribution in [0.4, 0.5) is 0 Å². The third-order valence-electron chi connectivity index (χ3n) is 4.03. The van der Waals surface area contributed by atoms with Gasteiger partial charge < -0.3 is 9.47 Å². The van der Waals surface area contributed by atoms with Gasteiger partial charge in [-0.2, -0.15) is 0 Å². The van der Waals surface area contributed by atoms with E-state index in [0.717, 1.165) is 0 Å². The molecule has 3 aromatic carbocycles. The third kappa shape index (κ3) is 5.99. The highest BCUT2D eigenvalue weighted by Gasteiger charge is 2.15. The number of hydrogen-bond acceptors (Lipinski definition) is 5. The Labute approximate surface area is 197 Å². The Kier molecular flexibility index (Phi) is 7.57. The van der Waals surface area contributed by atoms with Crippen molar-refractivity contribution in [2.75, 3.05) is 6.61 Å². The van der Waals surface area contributed by atoms with Crippen molar-refractivity contribution in [1.82, 2.24) is 0 Å². The Morgan fingerprint density at radius 2 is 1.10 bits per heavy atom. The van der Waals surface area contributed by atoms with Gasteiger partial charge in [0.2, 0.25) is 0 Å². The van der Waals surface area contributed by atoms with Gasteiger partial charge in [0.1, 0.15) is 5.75 Å². The minimum Gasteiger partial charge on any atom is -0.454 e. The van der Waals surface area contributed by atoms with E-state index in [1.807, 2.05) is 0 Å². The van der Waals surface area contributed by atoms with E-state index in [0.29, 0.717) is 10.0 Å². The maximum absolute atomic E-state index is 12.3. The summed E-state index contributed by atoms with van der Waals surface area (Å²) in [6, 6.07) is 14.4. The molecule has 0 bridgehead atoms. The van der Waals surface area contributed by atoms with Gasteiger partial charge >= 0.3 is 11.9 Å². The number of hydrogen-bond donors (Lipinski definition) is 0. The van der Waals surface area contributed by atoms with Crippen molar-refractivity contribution in [2.45, 2.75) is 0 Å². The van der Waals surface area contributed by atoms with Crippen LogP contribution in [-0.2, 0) is 4.74 Å². The molecule has 0 radical (unpaired) electrons. The number of halogens is 4. The molecule has 0 amide bonds. The highest BCUT2D eigenvalue weighted by Crippen LogP contribution is 2.24. The van der Waals surface area contributed by atoms with E-state index in [-0.39, 0.29) is 32.5 Å². The van der Waals surface area contributed by atoms with Crippen molar-refractivity contribution < 1.29 is 23.9 Å². The van der Waals surface area contributed by atoms with Gasteiger partial charge in [0.15, 0.2) is 12.4 Å². The molecule has 0 aromatic heterocycles. The van der Waals surface area contributed by atoms with E-state index in [2.05, 4.69) is 0 Å². The predicted molar refractivity (Wildman–Crippen MR) is 119 cm³/mol. The second-order valence-corrected chi connectivity index (χ2v) is 7.80. The van der Waals surface area contributed by atoms with Gasteiger partial charge in [-0.1, -0.05) is 46.4 Å². The summed E-state index contributed by atoms with van der Waals surface area (Å²) in [6.07, 6.45) is 0. The molecule has 0 aliphatic carbocycles. The summed E-state index contributed by atoms with van der Waals surface area (Å²) in [5.41, 5.74) is 0.673. The summed E-state index contributed by atoms with van der Waals surface area (Å²) in [5.74, 6) is -1.55. The Bertz CT molecular complexity index is 1160. The van der Waals surface area contributed by atoms with Gasteiger partial charge in [0.05, 0.1) is 31.2 Å². The molecule has 0 saturated heterocycles. The average molecular weight is 498 g/mol. The second kappa shape index (κ2) is 10.2. The highest BCUT2D eigenvalue weighted by atomic mass is 35.5. The van der Waals surface area contributed by atoms with Gasteiger partial charge in [-0.05, 0) is 60.7 Å². The topological polar surface area (TPSA) is 69.7 Å². The number of rotatable bonds is 6. The summed E-state index contributed by atoms with van der Waals surface area (Å²) in [4.78, 5) is 36.5. The fraction of sp³-hybridized carbons (Fsp3) is 0.0455. The summed E-state index contributed by atoms with van der Waals surface area (Å²) in [7, 11) is 0. The van der Waals surface area contributed by atoms with Crippen LogP contribution in [0.25, 0.3) is 0 Å². The molecular weight excluding hydrogens is 486 g/mol. The Morgan fingerprint density at radius 1 is 0.613 bits per heavy atom. The van der Waals surface area contributed by atoms with Crippen molar-refractivity contribution in [3.05, 3.63) is 97.4 Å². The molecule has 31 heavy (non-hydrogen) atoms. The quantitative estimate of drug-likeness (QED) is 0.219. The summed E-state index contributed by atoms with van der Waals surface area (Å²) >= 11 is 23.4. The Hall–Kier alpha value is -2.57. The summed E-state index contributed by atoms with van der Waals surface area (Å²) in [5, 5.41) is 1.05. The van der Waals surface area contributed by atoms with E-state index >= 15 is 0 Å². The standard InChI is InChI=1S/C22H12Cl4O5/c23-16-7-3-13(9-18(16)25)21(28)30-11-20(27)12-1-5-15(6-2-12)31-22(29)14-4-8-17(24)19(26)10-14/h1-10H,11H2. The number of benzene rings is 3. The molecule has 3 aromatic rings. The van der Waals surface area contributed by atoms with Crippen molar-refractivity contribution in [3.63, 3.8) is 0 Å². The van der Waals surface area contributed by atoms with Gasteiger partial charge in [-0.25, -0.2) is 9.59 Å². The summed E-state index contributed by atoms with van der Waals surface area (Å²) < 4.78 is 10.3. The van der Waals surface area contributed by atoms with Crippen LogP contribution in [0.1, 0.15) is 31.1 Å². The van der Waals surface area contributed by atoms with Crippen LogP contribution in [0.2, 0.25) is 20.1 Å². The van der Waals surface area contributed by atoms with Crippen LogP contribution in [0.5, 0.6) is 5.75 Å². The molecule has 0 heterocycles. The van der Waals surface area contributed by atoms with Crippen molar-refractivity contribution >= 4 is 64.1 Å². The van der Waals surface area contributed by atoms with Gasteiger partial charge in [0, 0.05) is 5.56 Å². The monoisotopic (exact) mass is 496 g/mol. The fourth-order valence-electron chi connectivity index (χ4n) is 2.42. The third-order valence-corrected chi connectivity index (χ3v) is 5.51. The smallest absolute Gasteiger partial charge is 0.343 e. The van der Waals surface area contributed by atoms with E-state index in [1.165, 1.54) is 60.7 Å². The molecule has 0 unspecified atom stereocenters. The molecule has 3 rings (SSSR count). The second-order valence-electron chi connectivity index (χ2n) is 6.17. The minimum absolute atomic E-state index is 0.173. The molecule has 0 aliphatic heterocycles. The Balaban J connectivity index is 1.58. The predicted octanol–water partition coefficient (Wildman–Crippen LogP) is 6.56. The van der Waals surface area contributed by atoms with Crippen LogP contribution in [0, 0.1) is 0 Å². The lowest BCUT2D eigenvalue weighted by atomic mass is 10.1. The van der Waals surface area contributed by atoms with Crippen molar-refractivity contribution in [2.24, 2.45) is 0 Å². The normalized spacial score (nSPS) is 10.5. The first-order valence-corrected chi connectivity index (χ1v) is 10.2. The van der Waals surface area contributed by atoms with Crippen LogP contribution < -0.4 is 4.74 Å². The lowest BCUT2D eigenvalue weighted by Gasteiger charge is -2.07. The number of esters is 2. The lowest BCUT2D eigenvalue weighted by molar-refractivity contribution is 0.0474. The van der Waals surface area contributed by atoms with Crippen LogP contribution >= 0.6 is 46.4 Å². The largest absolute Gasteiger partial charge is 0.454 e. The molecule has 9 heteroatoms. The number of ketones is 1. The lowest BCUT2D eigenvalue weighted by Crippen LogP contribution is -2.14. The first kappa shape index (κ1) is 23.1. The maximum atomic E-state index is 12.3. The van der Waals surface area contributed by atoms with Crippen molar-refractivity contribution in [1.29, 1.82) is 0 Å². The minimum atomic E-state index is -0.709. The van der Waals surface area contributed by atoms with E-state index in [4.69, 9.17) is 55.9 Å². The van der Waals surface area contributed by atoms with Gasteiger partial charge in [0.25, 0.3) is 0 Å². The number of carbonyl (C=O) groups is 3. The average Bonchev–Trinajstić information content (AvgIpc) is 2.76. The number of carbonyl (C=O) groups excluding carboxylic acids is 3.